The fourth-order valence-corrected chi connectivity index (χ4v) is 6.30. The molecule has 0 radical (unpaired) electrons. The SMILES string of the molecule is Cc1cc(C)c(C)cc1C.Cc1ccc(C)c2ccccc12.Cc1ccc(C)cc1.Cc1ccc2cc(C)ccc2c1.Cc1cccc(C)c1.Cc1ccccc1C. The van der Waals surface area contributed by atoms with Crippen molar-refractivity contribution >= 4 is 21.5 Å². The highest BCUT2D eigenvalue weighted by atomic mass is 14.0. The Morgan fingerprint density at radius 1 is 0.190 bits per heavy atom. The standard InChI is InChI=1S/2C12H12.C10H14.3C8H10/c1-9-3-5-12-8-10(2)4-6-11(12)7-9;1-9-7-8-10(2)12-6-4-3-5-11(9)12;1-7-5-9(3)10(4)6-8(7)2;1-7-3-5-8(2)6-4-7;1-7-4-3-5-8(2)6-7;1-7-5-3-4-6-8(7)2/h2*3-8H,1-2H3;5-6H,1-4H3;3*3-6H,1-2H3. The molecule has 300 valence electrons. The molecule has 0 atom stereocenters. The average molecular weight is 765 g/mol. The number of benzene rings is 8. The Kier molecular flexibility index (Phi) is 18.9. The van der Waals surface area contributed by atoms with E-state index in [0.29, 0.717) is 0 Å². The fourth-order valence-electron chi connectivity index (χ4n) is 6.30. The topological polar surface area (TPSA) is 0 Å². The molecule has 8 rings (SSSR count). The quantitative estimate of drug-likeness (QED) is 0.144. The van der Waals surface area contributed by atoms with Gasteiger partial charge >= 0.3 is 0 Å². The first-order valence-corrected chi connectivity index (χ1v) is 20.6. The van der Waals surface area contributed by atoms with Gasteiger partial charge in [0.1, 0.15) is 0 Å². The van der Waals surface area contributed by atoms with Crippen molar-refractivity contribution in [3.05, 3.63) is 236 Å². The van der Waals surface area contributed by atoms with E-state index < -0.39 is 0 Å². The van der Waals surface area contributed by atoms with Gasteiger partial charge in [-0.05, 0) is 163 Å². The van der Waals surface area contributed by atoms with Crippen molar-refractivity contribution in [1.29, 1.82) is 0 Å². The molecule has 8 aromatic carbocycles. The molecular formula is C58H68. The Bertz CT molecular complexity index is 2280. The van der Waals surface area contributed by atoms with Gasteiger partial charge in [-0.2, -0.15) is 0 Å². The Balaban J connectivity index is 0.000000188. The Hall–Kier alpha value is -5.72. The summed E-state index contributed by atoms with van der Waals surface area (Å²) in [7, 11) is 0. The predicted molar refractivity (Wildman–Crippen MR) is 260 cm³/mol. The molecule has 0 bridgehead atoms. The number of aryl methyl sites for hydroxylation is 14. The number of rotatable bonds is 0. The minimum absolute atomic E-state index is 1.33. The van der Waals surface area contributed by atoms with Crippen LogP contribution in [-0.4, -0.2) is 0 Å². The lowest BCUT2D eigenvalue weighted by Gasteiger charge is -2.04. The molecule has 0 saturated carbocycles. The third kappa shape index (κ3) is 16.0. The van der Waals surface area contributed by atoms with E-state index in [0.717, 1.165) is 0 Å². The van der Waals surface area contributed by atoms with Crippen LogP contribution in [0.5, 0.6) is 0 Å². The van der Waals surface area contributed by atoms with Crippen LogP contribution in [0.25, 0.3) is 21.5 Å². The van der Waals surface area contributed by atoms with E-state index in [1.165, 1.54) is 99.4 Å². The highest BCUT2D eigenvalue weighted by Gasteiger charge is 1.98. The van der Waals surface area contributed by atoms with Crippen LogP contribution in [0.2, 0.25) is 0 Å². The van der Waals surface area contributed by atoms with Crippen LogP contribution in [0.4, 0.5) is 0 Å². The molecule has 0 aliphatic carbocycles. The number of hydrogen-bond donors (Lipinski definition) is 0. The Labute approximate surface area is 352 Å². The van der Waals surface area contributed by atoms with Crippen molar-refractivity contribution in [2.75, 3.05) is 0 Å². The van der Waals surface area contributed by atoms with E-state index in [2.05, 4.69) is 255 Å². The molecule has 8 aromatic rings. The van der Waals surface area contributed by atoms with E-state index in [-0.39, 0.29) is 0 Å². The van der Waals surface area contributed by atoms with Gasteiger partial charge in [0.2, 0.25) is 0 Å². The van der Waals surface area contributed by atoms with E-state index >= 15 is 0 Å². The van der Waals surface area contributed by atoms with Gasteiger partial charge in [0.05, 0.1) is 0 Å². The third-order valence-corrected chi connectivity index (χ3v) is 10.4. The summed E-state index contributed by atoms with van der Waals surface area (Å²) in [6, 6.07) is 55.8. The highest BCUT2D eigenvalue weighted by Crippen LogP contribution is 2.21. The van der Waals surface area contributed by atoms with Crippen molar-refractivity contribution in [2.45, 2.75) is 96.9 Å². The molecule has 0 unspecified atom stereocenters. The van der Waals surface area contributed by atoms with Crippen molar-refractivity contribution < 1.29 is 0 Å². The molecule has 58 heavy (non-hydrogen) atoms. The van der Waals surface area contributed by atoms with Gasteiger partial charge in [0.25, 0.3) is 0 Å². The maximum absolute atomic E-state index is 2.24. The van der Waals surface area contributed by atoms with E-state index in [1.807, 2.05) is 0 Å². The second-order valence-electron chi connectivity index (χ2n) is 16.0. The molecule has 0 nitrogen and oxygen atoms in total. The van der Waals surface area contributed by atoms with E-state index in [4.69, 9.17) is 0 Å². The summed E-state index contributed by atoms with van der Waals surface area (Å²) in [6.45, 7) is 29.8. The molecule has 0 saturated heterocycles. The molecule has 0 N–H and O–H groups in total. The largest absolute Gasteiger partial charge is 0.0620 e. The van der Waals surface area contributed by atoms with Gasteiger partial charge in [0.15, 0.2) is 0 Å². The zero-order chi connectivity index (χ0) is 42.8. The number of hydrogen-bond acceptors (Lipinski definition) is 0. The normalized spacial score (nSPS) is 9.90. The number of fused-ring (bicyclic) bond motifs is 2. The zero-order valence-corrected chi connectivity index (χ0v) is 38.0. The monoisotopic (exact) mass is 765 g/mol. The van der Waals surface area contributed by atoms with Crippen molar-refractivity contribution in [3.63, 3.8) is 0 Å². The summed E-state index contributed by atoms with van der Waals surface area (Å²) in [5.41, 5.74) is 19.0. The fraction of sp³-hybridized carbons (Fsp3) is 0.241. The average Bonchev–Trinajstić information content (AvgIpc) is 3.19. The predicted octanol–water partition coefficient (Wildman–Crippen LogP) is 16.7. The Morgan fingerprint density at radius 3 is 0.810 bits per heavy atom. The van der Waals surface area contributed by atoms with Crippen LogP contribution >= 0.6 is 0 Å². The summed E-state index contributed by atoms with van der Waals surface area (Å²) in [5, 5.41) is 5.41. The summed E-state index contributed by atoms with van der Waals surface area (Å²) >= 11 is 0. The highest BCUT2D eigenvalue weighted by molar-refractivity contribution is 5.88. The van der Waals surface area contributed by atoms with Gasteiger partial charge in [-0.25, -0.2) is 0 Å². The van der Waals surface area contributed by atoms with Crippen LogP contribution in [0, 0.1) is 96.9 Å². The van der Waals surface area contributed by atoms with Crippen molar-refractivity contribution in [2.24, 2.45) is 0 Å². The Morgan fingerprint density at radius 2 is 0.500 bits per heavy atom. The van der Waals surface area contributed by atoms with Gasteiger partial charge in [-0.1, -0.05) is 191 Å². The molecule has 0 aliphatic heterocycles. The summed E-state index contributed by atoms with van der Waals surface area (Å²) < 4.78 is 0. The molecule has 0 spiro atoms. The summed E-state index contributed by atoms with van der Waals surface area (Å²) in [5.74, 6) is 0. The third-order valence-electron chi connectivity index (χ3n) is 10.4. The lowest BCUT2D eigenvalue weighted by Crippen LogP contribution is -1.86. The molecule has 0 aromatic heterocycles. The molecule has 0 aliphatic rings. The smallest absolute Gasteiger partial charge is 0.0152 e. The van der Waals surface area contributed by atoms with Gasteiger partial charge in [-0.3, -0.25) is 0 Å². The lowest BCUT2D eigenvalue weighted by molar-refractivity contribution is 1.24. The summed E-state index contributed by atoms with van der Waals surface area (Å²) in [4.78, 5) is 0. The second kappa shape index (κ2) is 23.5. The first-order valence-electron chi connectivity index (χ1n) is 20.6. The first-order chi connectivity index (χ1) is 27.5. The van der Waals surface area contributed by atoms with Crippen LogP contribution in [0.3, 0.4) is 0 Å². The molecular weight excluding hydrogens is 697 g/mol. The minimum Gasteiger partial charge on any atom is -0.0620 e. The van der Waals surface area contributed by atoms with Crippen molar-refractivity contribution in [3.8, 4) is 0 Å². The zero-order valence-electron chi connectivity index (χ0n) is 38.0. The van der Waals surface area contributed by atoms with Crippen LogP contribution in [-0.2, 0) is 0 Å². The molecule has 0 heteroatoms. The van der Waals surface area contributed by atoms with Crippen LogP contribution in [0.1, 0.15) is 77.9 Å². The maximum atomic E-state index is 2.24. The van der Waals surface area contributed by atoms with Gasteiger partial charge in [-0.15, -0.1) is 0 Å². The molecule has 0 fully saturated rings. The van der Waals surface area contributed by atoms with Crippen LogP contribution < -0.4 is 0 Å². The van der Waals surface area contributed by atoms with E-state index in [9.17, 15) is 0 Å². The van der Waals surface area contributed by atoms with Gasteiger partial charge in [0, 0.05) is 0 Å². The van der Waals surface area contributed by atoms with E-state index in [1.54, 1.807) is 0 Å². The molecule has 0 amide bonds. The van der Waals surface area contributed by atoms with Gasteiger partial charge < -0.3 is 0 Å². The van der Waals surface area contributed by atoms with Crippen LogP contribution in [0.15, 0.2) is 158 Å². The summed E-state index contributed by atoms with van der Waals surface area (Å²) in [6.07, 6.45) is 0. The van der Waals surface area contributed by atoms with Crippen molar-refractivity contribution in [1.82, 2.24) is 0 Å². The second-order valence-corrected chi connectivity index (χ2v) is 16.0. The minimum atomic E-state index is 1.33. The lowest BCUT2D eigenvalue weighted by atomic mass is 10.0. The molecule has 0 heterocycles. The first kappa shape index (κ1) is 46.7. The maximum Gasteiger partial charge on any atom is -0.0152 e.